The van der Waals surface area contributed by atoms with Gasteiger partial charge >= 0.3 is 0 Å². The van der Waals surface area contributed by atoms with Crippen molar-refractivity contribution in [2.24, 2.45) is 0 Å². The average Bonchev–Trinajstić information content (AvgIpc) is 2.33. The molecule has 1 unspecified atom stereocenters. The van der Waals surface area contributed by atoms with Crippen LogP contribution in [-0.2, 0) is 12.8 Å². The van der Waals surface area contributed by atoms with Gasteiger partial charge in [-0.1, -0.05) is 6.07 Å². The van der Waals surface area contributed by atoms with Crippen molar-refractivity contribution >= 4 is 5.82 Å². The Morgan fingerprint density at radius 3 is 2.63 bits per heavy atom. The van der Waals surface area contributed by atoms with Crippen LogP contribution >= 0.6 is 0 Å². The molecule has 1 heterocycles. The van der Waals surface area contributed by atoms with Gasteiger partial charge in [0.05, 0.1) is 6.10 Å². The van der Waals surface area contributed by atoms with E-state index < -0.39 is 17.7 Å². The molecule has 0 aliphatic heterocycles. The molecule has 2 rings (SSSR count). The zero-order chi connectivity index (χ0) is 13.8. The van der Waals surface area contributed by atoms with Crippen LogP contribution in [0.25, 0.3) is 0 Å². The molecule has 5 heteroatoms. The fraction of sp³-hybridized carbons (Fsp3) is 0.214. The minimum absolute atomic E-state index is 0.119. The molecular formula is C14H14F2N2O. The van der Waals surface area contributed by atoms with Gasteiger partial charge in [-0.3, -0.25) is 0 Å². The lowest BCUT2D eigenvalue weighted by Gasteiger charge is -2.11. The predicted molar refractivity (Wildman–Crippen MR) is 68.4 cm³/mol. The maximum atomic E-state index is 13.4. The Labute approximate surface area is 109 Å². The molecule has 0 amide bonds. The number of benzene rings is 1. The van der Waals surface area contributed by atoms with Gasteiger partial charge < -0.3 is 10.8 Å². The fourth-order valence-electron chi connectivity index (χ4n) is 1.91. The van der Waals surface area contributed by atoms with Gasteiger partial charge in [-0.25, -0.2) is 13.8 Å². The average molecular weight is 264 g/mol. The summed E-state index contributed by atoms with van der Waals surface area (Å²) in [5.41, 5.74) is 6.64. The number of nitrogens with zero attached hydrogens (tertiary/aromatic N) is 1. The molecule has 0 spiro atoms. The second kappa shape index (κ2) is 5.75. The number of nitrogens with two attached hydrogens (primary N) is 1. The quantitative estimate of drug-likeness (QED) is 0.889. The van der Waals surface area contributed by atoms with Crippen LogP contribution in [0.4, 0.5) is 14.6 Å². The Bertz CT molecular complexity index is 575. The maximum Gasteiger partial charge on any atom is 0.129 e. The number of halogens is 2. The number of aliphatic hydroxyl groups is 1. The number of anilines is 1. The van der Waals surface area contributed by atoms with E-state index >= 15 is 0 Å². The molecule has 0 aliphatic carbocycles. The first kappa shape index (κ1) is 13.4. The van der Waals surface area contributed by atoms with Gasteiger partial charge in [0.15, 0.2) is 0 Å². The number of rotatable bonds is 4. The molecule has 1 aromatic carbocycles. The molecule has 0 fully saturated rings. The Morgan fingerprint density at radius 1 is 1.16 bits per heavy atom. The van der Waals surface area contributed by atoms with Crippen LogP contribution in [0, 0.1) is 11.6 Å². The van der Waals surface area contributed by atoms with Crippen LogP contribution in [0.5, 0.6) is 0 Å². The van der Waals surface area contributed by atoms with E-state index in [1.54, 1.807) is 18.3 Å². The standard InChI is InChI=1S/C14H14F2N2O/c15-11-2-1-10(13(16)8-11)7-12(19)5-9-3-4-18-14(17)6-9/h1-4,6,8,12,19H,5,7H2,(H2,17,18). The summed E-state index contributed by atoms with van der Waals surface area (Å²) in [6.45, 7) is 0. The smallest absolute Gasteiger partial charge is 0.129 e. The first-order valence-corrected chi connectivity index (χ1v) is 5.87. The summed E-state index contributed by atoms with van der Waals surface area (Å²) in [4.78, 5) is 3.85. The van der Waals surface area contributed by atoms with Crippen molar-refractivity contribution in [2.75, 3.05) is 5.73 Å². The van der Waals surface area contributed by atoms with Gasteiger partial charge in [-0.05, 0) is 35.7 Å². The number of pyridine rings is 1. The summed E-state index contributed by atoms with van der Waals surface area (Å²) in [5, 5.41) is 9.92. The molecule has 0 saturated carbocycles. The SMILES string of the molecule is Nc1cc(CC(O)Cc2ccc(F)cc2F)ccn1. The van der Waals surface area contributed by atoms with Crippen molar-refractivity contribution in [2.45, 2.75) is 18.9 Å². The lowest BCUT2D eigenvalue weighted by atomic mass is 10.0. The first-order chi connectivity index (χ1) is 9.04. The highest BCUT2D eigenvalue weighted by atomic mass is 19.1. The van der Waals surface area contributed by atoms with Crippen LogP contribution < -0.4 is 5.73 Å². The van der Waals surface area contributed by atoms with E-state index in [0.29, 0.717) is 12.2 Å². The van der Waals surface area contributed by atoms with Gasteiger partial charge in [0.1, 0.15) is 17.5 Å². The Hall–Kier alpha value is -2.01. The lowest BCUT2D eigenvalue weighted by Crippen LogP contribution is -2.15. The van der Waals surface area contributed by atoms with E-state index in [9.17, 15) is 13.9 Å². The third kappa shape index (κ3) is 3.72. The second-order valence-electron chi connectivity index (χ2n) is 4.39. The molecule has 19 heavy (non-hydrogen) atoms. The summed E-state index contributed by atoms with van der Waals surface area (Å²) in [7, 11) is 0. The Morgan fingerprint density at radius 2 is 1.95 bits per heavy atom. The summed E-state index contributed by atoms with van der Waals surface area (Å²) >= 11 is 0. The molecule has 0 bridgehead atoms. The van der Waals surface area contributed by atoms with Gasteiger partial charge in [0, 0.05) is 18.7 Å². The normalized spacial score (nSPS) is 12.4. The summed E-state index contributed by atoms with van der Waals surface area (Å²) in [5.74, 6) is -0.899. The van der Waals surface area contributed by atoms with Crippen molar-refractivity contribution < 1.29 is 13.9 Å². The van der Waals surface area contributed by atoms with Crippen molar-refractivity contribution in [3.8, 4) is 0 Å². The Kier molecular flexibility index (Phi) is 4.06. The number of hydrogen-bond donors (Lipinski definition) is 2. The molecular weight excluding hydrogens is 250 g/mol. The van der Waals surface area contributed by atoms with E-state index in [4.69, 9.17) is 5.73 Å². The second-order valence-corrected chi connectivity index (χ2v) is 4.39. The number of aromatic nitrogens is 1. The van der Waals surface area contributed by atoms with Crippen LogP contribution in [0.3, 0.4) is 0 Å². The summed E-state index contributed by atoms with van der Waals surface area (Å²) in [6, 6.07) is 6.72. The molecule has 1 atom stereocenters. The van der Waals surface area contributed by atoms with Gasteiger partial charge in [-0.15, -0.1) is 0 Å². The molecule has 0 aliphatic rings. The molecule has 3 nitrogen and oxygen atoms in total. The van der Waals surface area contributed by atoms with E-state index in [1.807, 2.05) is 0 Å². The highest BCUT2D eigenvalue weighted by Crippen LogP contribution is 2.14. The van der Waals surface area contributed by atoms with E-state index in [1.165, 1.54) is 12.1 Å². The summed E-state index contributed by atoms with van der Waals surface area (Å²) < 4.78 is 26.2. The zero-order valence-corrected chi connectivity index (χ0v) is 10.2. The third-order valence-electron chi connectivity index (χ3n) is 2.79. The molecule has 1 aromatic heterocycles. The van der Waals surface area contributed by atoms with Crippen molar-refractivity contribution in [1.82, 2.24) is 4.98 Å². The van der Waals surface area contributed by atoms with Crippen LogP contribution in [0.1, 0.15) is 11.1 Å². The van der Waals surface area contributed by atoms with Crippen molar-refractivity contribution in [3.05, 3.63) is 59.3 Å². The molecule has 0 saturated heterocycles. The van der Waals surface area contributed by atoms with Gasteiger partial charge in [0.25, 0.3) is 0 Å². The highest BCUT2D eigenvalue weighted by Gasteiger charge is 2.11. The minimum Gasteiger partial charge on any atom is -0.392 e. The summed E-state index contributed by atoms with van der Waals surface area (Å²) in [6.07, 6.45) is 1.25. The van der Waals surface area contributed by atoms with Crippen molar-refractivity contribution in [1.29, 1.82) is 0 Å². The monoisotopic (exact) mass is 264 g/mol. The van der Waals surface area contributed by atoms with Crippen LogP contribution in [-0.4, -0.2) is 16.2 Å². The van der Waals surface area contributed by atoms with Gasteiger partial charge in [0.2, 0.25) is 0 Å². The maximum absolute atomic E-state index is 13.4. The molecule has 2 aromatic rings. The molecule has 100 valence electrons. The number of hydrogen-bond acceptors (Lipinski definition) is 3. The highest BCUT2D eigenvalue weighted by molar-refractivity contribution is 5.32. The third-order valence-corrected chi connectivity index (χ3v) is 2.79. The van der Waals surface area contributed by atoms with Gasteiger partial charge in [-0.2, -0.15) is 0 Å². The fourth-order valence-corrected chi connectivity index (χ4v) is 1.91. The minimum atomic E-state index is -0.762. The molecule has 3 N–H and O–H groups in total. The van der Waals surface area contributed by atoms with E-state index in [0.717, 1.165) is 11.6 Å². The largest absolute Gasteiger partial charge is 0.392 e. The topological polar surface area (TPSA) is 59.1 Å². The van der Waals surface area contributed by atoms with Crippen LogP contribution in [0.15, 0.2) is 36.5 Å². The van der Waals surface area contributed by atoms with E-state index in [2.05, 4.69) is 4.98 Å². The zero-order valence-electron chi connectivity index (χ0n) is 10.2. The predicted octanol–water partition coefficient (Wildman–Crippen LogP) is 2.09. The van der Waals surface area contributed by atoms with Crippen molar-refractivity contribution in [3.63, 3.8) is 0 Å². The van der Waals surface area contributed by atoms with Crippen LogP contribution in [0.2, 0.25) is 0 Å². The molecule has 0 radical (unpaired) electrons. The number of aliphatic hydroxyl groups excluding tert-OH is 1. The lowest BCUT2D eigenvalue weighted by molar-refractivity contribution is 0.174. The Balaban J connectivity index is 2.03. The first-order valence-electron chi connectivity index (χ1n) is 5.87. The number of nitrogen functional groups attached to an aromatic ring is 1. The van der Waals surface area contributed by atoms with E-state index in [-0.39, 0.29) is 12.0 Å².